The van der Waals surface area contributed by atoms with Gasteiger partial charge in [-0.15, -0.1) is 0 Å². The number of hydrogen-bond donors (Lipinski definition) is 2. The zero-order valence-electron chi connectivity index (χ0n) is 9.84. The Morgan fingerprint density at radius 1 is 1.56 bits per heavy atom. The van der Waals surface area contributed by atoms with Crippen molar-refractivity contribution in [3.8, 4) is 5.75 Å². The molecule has 0 saturated carbocycles. The predicted octanol–water partition coefficient (Wildman–Crippen LogP) is 1.62. The van der Waals surface area contributed by atoms with Crippen LogP contribution in [-0.2, 0) is 0 Å². The van der Waals surface area contributed by atoms with Gasteiger partial charge in [0.25, 0.3) is 0 Å². The molecule has 1 heterocycles. The summed E-state index contributed by atoms with van der Waals surface area (Å²) in [6, 6.07) is 3.37. The molecule has 1 aromatic rings. The molecular weight excluding hydrogens is 241 g/mol. The minimum absolute atomic E-state index is 0.0274. The fraction of sp³-hybridized carbons (Fsp3) is 0.417. The Labute approximate surface area is 103 Å². The van der Waals surface area contributed by atoms with Gasteiger partial charge in [-0.1, -0.05) is 0 Å². The van der Waals surface area contributed by atoms with Gasteiger partial charge in [0.2, 0.25) is 0 Å². The molecule has 0 unspecified atom stereocenters. The third kappa shape index (κ3) is 2.24. The molecule has 0 aromatic heterocycles. The second-order valence-corrected chi connectivity index (χ2v) is 4.23. The maximum Gasteiger partial charge on any atom is 0.407 e. The largest absolute Gasteiger partial charge is 0.496 e. The number of halogens is 1. The molecule has 2 N–H and O–H groups in total. The number of carboxylic acid groups (broad SMARTS) is 1. The van der Waals surface area contributed by atoms with Crippen LogP contribution in [0.1, 0.15) is 18.0 Å². The number of rotatable bonds is 2. The Balaban J connectivity index is 2.40. The van der Waals surface area contributed by atoms with Crippen molar-refractivity contribution in [2.75, 3.05) is 13.7 Å². The van der Waals surface area contributed by atoms with E-state index in [0.29, 0.717) is 11.3 Å². The van der Waals surface area contributed by atoms with Crippen LogP contribution >= 0.6 is 0 Å². The Morgan fingerprint density at radius 2 is 2.28 bits per heavy atom. The molecule has 1 amide bonds. The Hall–Kier alpha value is -1.82. The number of hydrogen-bond acceptors (Lipinski definition) is 3. The van der Waals surface area contributed by atoms with Crippen LogP contribution in [0.4, 0.5) is 9.18 Å². The predicted molar refractivity (Wildman–Crippen MR) is 61.0 cm³/mol. The summed E-state index contributed by atoms with van der Waals surface area (Å²) in [6.45, 7) is 0.0274. The Morgan fingerprint density at radius 3 is 2.89 bits per heavy atom. The van der Waals surface area contributed by atoms with Crippen molar-refractivity contribution in [3.05, 3.63) is 29.6 Å². The summed E-state index contributed by atoms with van der Waals surface area (Å²) in [5, 5.41) is 18.6. The van der Waals surface area contributed by atoms with Gasteiger partial charge in [-0.2, -0.15) is 0 Å². The van der Waals surface area contributed by atoms with E-state index in [4.69, 9.17) is 9.84 Å². The molecule has 0 aliphatic carbocycles. The number of likely N-dealkylation sites (tertiary alicyclic amines) is 1. The van der Waals surface area contributed by atoms with Crippen molar-refractivity contribution in [3.63, 3.8) is 0 Å². The molecule has 0 spiro atoms. The monoisotopic (exact) mass is 255 g/mol. The summed E-state index contributed by atoms with van der Waals surface area (Å²) >= 11 is 0. The van der Waals surface area contributed by atoms with E-state index in [2.05, 4.69) is 0 Å². The first-order valence-electron chi connectivity index (χ1n) is 5.54. The number of nitrogens with zero attached hydrogens (tertiary/aromatic N) is 1. The van der Waals surface area contributed by atoms with Crippen molar-refractivity contribution in [1.82, 2.24) is 4.90 Å². The number of methoxy groups -OCH3 is 1. The van der Waals surface area contributed by atoms with Crippen LogP contribution in [-0.4, -0.2) is 41.0 Å². The smallest absolute Gasteiger partial charge is 0.407 e. The minimum atomic E-state index is -1.14. The first-order chi connectivity index (χ1) is 8.52. The van der Waals surface area contributed by atoms with Gasteiger partial charge in [0.1, 0.15) is 11.6 Å². The van der Waals surface area contributed by atoms with Crippen LogP contribution in [0.2, 0.25) is 0 Å². The molecule has 5 nitrogen and oxygen atoms in total. The van der Waals surface area contributed by atoms with E-state index in [1.54, 1.807) is 0 Å². The fourth-order valence-corrected chi connectivity index (χ4v) is 2.29. The first-order valence-corrected chi connectivity index (χ1v) is 5.54. The lowest BCUT2D eigenvalue weighted by molar-refractivity contribution is 0.131. The second kappa shape index (κ2) is 4.81. The average Bonchev–Trinajstić information content (AvgIpc) is 2.71. The highest BCUT2D eigenvalue weighted by atomic mass is 19.1. The highest BCUT2D eigenvalue weighted by Crippen LogP contribution is 2.37. The molecular formula is C12H14FNO4. The molecule has 1 aromatic carbocycles. The third-order valence-corrected chi connectivity index (χ3v) is 3.08. The third-order valence-electron chi connectivity index (χ3n) is 3.08. The summed E-state index contributed by atoms with van der Waals surface area (Å²) in [7, 11) is 1.44. The molecule has 1 fully saturated rings. The molecule has 18 heavy (non-hydrogen) atoms. The van der Waals surface area contributed by atoms with E-state index in [0.717, 1.165) is 4.90 Å². The van der Waals surface area contributed by atoms with E-state index in [1.165, 1.54) is 25.3 Å². The number of benzene rings is 1. The van der Waals surface area contributed by atoms with E-state index < -0.39 is 24.1 Å². The summed E-state index contributed by atoms with van der Waals surface area (Å²) < 4.78 is 18.4. The highest BCUT2D eigenvalue weighted by molar-refractivity contribution is 5.66. The van der Waals surface area contributed by atoms with Gasteiger partial charge in [-0.05, 0) is 24.6 Å². The summed E-state index contributed by atoms with van der Waals surface area (Å²) in [4.78, 5) is 12.2. The molecule has 2 atom stereocenters. The number of β-amino-alcohol motifs (C(OH)–C–C–N with tert-alkyl or cyclic N) is 1. The first kappa shape index (κ1) is 12.6. The summed E-state index contributed by atoms with van der Waals surface area (Å²) in [5.41, 5.74) is 0.441. The van der Waals surface area contributed by atoms with E-state index in [1.807, 2.05) is 0 Å². The Bertz CT molecular complexity index is 465. The normalized spacial score (nSPS) is 23.2. The van der Waals surface area contributed by atoms with Gasteiger partial charge < -0.3 is 14.9 Å². The molecule has 6 heteroatoms. The number of ether oxygens (including phenoxy) is 1. The van der Waals surface area contributed by atoms with Crippen LogP contribution in [0.5, 0.6) is 5.75 Å². The van der Waals surface area contributed by atoms with E-state index in [9.17, 15) is 14.3 Å². The molecule has 0 bridgehead atoms. The maximum absolute atomic E-state index is 13.3. The van der Waals surface area contributed by atoms with Crippen molar-refractivity contribution in [1.29, 1.82) is 0 Å². The zero-order chi connectivity index (χ0) is 13.3. The average molecular weight is 255 g/mol. The molecule has 2 rings (SSSR count). The summed E-state index contributed by atoms with van der Waals surface area (Å²) in [6.07, 6.45) is -1.63. The van der Waals surface area contributed by atoms with Crippen molar-refractivity contribution in [2.24, 2.45) is 0 Å². The van der Waals surface area contributed by atoms with Crippen molar-refractivity contribution >= 4 is 6.09 Å². The highest BCUT2D eigenvalue weighted by Gasteiger charge is 2.36. The summed E-state index contributed by atoms with van der Waals surface area (Å²) in [5.74, 6) is -0.0423. The van der Waals surface area contributed by atoms with Gasteiger partial charge in [-0.3, -0.25) is 4.90 Å². The van der Waals surface area contributed by atoms with Crippen molar-refractivity contribution in [2.45, 2.75) is 18.6 Å². The van der Waals surface area contributed by atoms with Crippen LogP contribution in [0, 0.1) is 5.82 Å². The number of amides is 1. The van der Waals surface area contributed by atoms with Crippen molar-refractivity contribution < 1.29 is 24.1 Å². The lowest BCUT2D eigenvalue weighted by Crippen LogP contribution is -2.30. The van der Waals surface area contributed by atoms with Gasteiger partial charge in [0.05, 0.1) is 25.8 Å². The zero-order valence-corrected chi connectivity index (χ0v) is 9.84. The molecule has 1 aliphatic rings. The minimum Gasteiger partial charge on any atom is -0.496 e. The number of carbonyl (C=O) groups is 1. The van der Waals surface area contributed by atoms with Gasteiger partial charge >= 0.3 is 6.09 Å². The van der Waals surface area contributed by atoms with Crippen LogP contribution in [0.15, 0.2) is 18.2 Å². The number of aliphatic hydroxyl groups is 1. The second-order valence-electron chi connectivity index (χ2n) is 4.23. The van der Waals surface area contributed by atoms with E-state index in [-0.39, 0.29) is 13.0 Å². The molecule has 98 valence electrons. The topological polar surface area (TPSA) is 70.0 Å². The number of aliphatic hydroxyl groups excluding tert-OH is 1. The molecule has 1 saturated heterocycles. The molecule has 1 aliphatic heterocycles. The maximum atomic E-state index is 13.3. The fourth-order valence-electron chi connectivity index (χ4n) is 2.29. The van der Waals surface area contributed by atoms with Crippen LogP contribution in [0.3, 0.4) is 0 Å². The quantitative estimate of drug-likeness (QED) is 0.842. The van der Waals surface area contributed by atoms with Crippen LogP contribution in [0.25, 0.3) is 0 Å². The van der Waals surface area contributed by atoms with E-state index >= 15 is 0 Å². The van der Waals surface area contributed by atoms with Gasteiger partial charge in [0, 0.05) is 5.56 Å². The molecule has 0 radical (unpaired) electrons. The van der Waals surface area contributed by atoms with Gasteiger partial charge in [0.15, 0.2) is 0 Å². The Kier molecular flexibility index (Phi) is 3.38. The van der Waals surface area contributed by atoms with Gasteiger partial charge in [-0.25, -0.2) is 9.18 Å². The lowest BCUT2D eigenvalue weighted by atomic mass is 10.0. The standard InChI is InChI=1S/C12H14FNO4/c1-18-11-3-2-7(13)4-9(11)10-5-8(15)6-14(10)12(16)17/h2-4,8,10,15H,5-6H2,1H3,(H,16,17)/t8-,10-/m1/s1. The van der Waals surface area contributed by atoms with Crippen LogP contribution < -0.4 is 4.74 Å². The SMILES string of the molecule is COc1ccc(F)cc1[C@H]1C[C@@H](O)CN1C(=O)O. The lowest BCUT2D eigenvalue weighted by Gasteiger charge is -2.23.